The quantitative estimate of drug-likeness (QED) is 0.789. The van der Waals surface area contributed by atoms with Crippen LogP contribution in [0, 0.1) is 0 Å². The lowest BCUT2D eigenvalue weighted by Gasteiger charge is -2.42. The average Bonchev–Trinajstić information content (AvgIpc) is 2.70. The van der Waals surface area contributed by atoms with E-state index in [1.54, 1.807) is 6.92 Å². The topological polar surface area (TPSA) is 41.6 Å². The number of nitrogens with one attached hydrogen (secondary N) is 1. The molecule has 2 aliphatic heterocycles. The number of fused-ring (bicyclic) bond motifs is 5. The van der Waals surface area contributed by atoms with E-state index in [1.165, 1.54) is 0 Å². The highest BCUT2D eigenvalue weighted by molar-refractivity contribution is 9.10. The van der Waals surface area contributed by atoms with Crippen LogP contribution in [0.3, 0.4) is 0 Å². The van der Waals surface area contributed by atoms with Crippen molar-refractivity contribution < 1.29 is 9.53 Å². The molecule has 0 aliphatic carbocycles. The molecule has 0 radical (unpaired) electrons. The number of carbonyl (C=O) groups excluding carboxylic acids is 1. The Morgan fingerprint density at radius 1 is 1.25 bits per heavy atom. The number of rotatable bonds is 1. The van der Waals surface area contributed by atoms with Crippen LogP contribution in [0.25, 0.3) is 0 Å². The van der Waals surface area contributed by atoms with Crippen LogP contribution in [-0.4, -0.2) is 18.5 Å². The minimum absolute atomic E-state index is 0.0129. The molecule has 124 valence electrons. The maximum absolute atomic E-state index is 11.7. The lowest BCUT2D eigenvalue weighted by molar-refractivity contribution is -0.119. The van der Waals surface area contributed by atoms with Gasteiger partial charge >= 0.3 is 0 Å². The Hall–Kier alpha value is -2.01. The Labute approximate surface area is 149 Å². The van der Waals surface area contributed by atoms with Gasteiger partial charge in [0.25, 0.3) is 0 Å². The van der Waals surface area contributed by atoms with Gasteiger partial charge in [0.1, 0.15) is 5.75 Å². The van der Waals surface area contributed by atoms with Crippen LogP contribution in [0.4, 0.5) is 5.69 Å². The highest BCUT2D eigenvalue weighted by Gasteiger charge is 2.38. The number of hydrogen-bond acceptors (Lipinski definition) is 3. The van der Waals surface area contributed by atoms with Crippen molar-refractivity contribution in [2.75, 3.05) is 11.4 Å². The predicted molar refractivity (Wildman–Crippen MR) is 97.6 cm³/mol. The van der Waals surface area contributed by atoms with Crippen molar-refractivity contribution >= 4 is 27.5 Å². The van der Waals surface area contributed by atoms with Crippen LogP contribution in [0.2, 0.25) is 0 Å². The van der Waals surface area contributed by atoms with Gasteiger partial charge < -0.3 is 15.0 Å². The number of amides is 1. The normalized spacial score (nSPS) is 21.7. The lowest BCUT2D eigenvalue weighted by Crippen LogP contribution is -2.49. The molecule has 0 bridgehead atoms. The summed E-state index contributed by atoms with van der Waals surface area (Å²) in [5.41, 5.74) is 2.20. The fraction of sp³-hybridized carbons (Fsp3) is 0.316. The third kappa shape index (κ3) is 2.67. The van der Waals surface area contributed by atoms with Crippen molar-refractivity contribution in [2.24, 2.45) is 0 Å². The fourth-order valence-electron chi connectivity index (χ4n) is 3.80. The fourth-order valence-corrected chi connectivity index (χ4v) is 4.15. The average molecular weight is 387 g/mol. The van der Waals surface area contributed by atoms with Crippen molar-refractivity contribution in [1.82, 2.24) is 5.32 Å². The Kier molecular flexibility index (Phi) is 3.96. The number of para-hydroxylation sites is 1. The molecule has 24 heavy (non-hydrogen) atoms. The molecule has 2 aromatic rings. The van der Waals surface area contributed by atoms with Crippen molar-refractivity contribution in [1.29, 1.82) is 0 Å². The van der Waals surface area contributed by atoms with Crippen molar-refractivity contribution in [3.8, 4) is 11.5 Å². The van der Waals surface area contributed by atoms with Gasteiger partial charge in [0.2, 0.25) is 5.91 Å². The summed E-state index contributed by atoms with van der Waals surface area (Å²) in [5.74, 6) is 1.74. The summed E-state index contributed by atoms with van der Waals surface area (Å²) in [7, 11) is 0. The van der Waals surface area contributed by atoms with Crippen molar-refractivity contribution in [3.63, 3.8) is 0 Å². The van der Waals surface area contributed by atoms with Crippen molar-refractivity contribution in [2.45, 2.75) is 31.8 Å². The number of ether oxygens (including phenoxy) is 1. The highest BCUT2D eigenvalue weighted by Crippen LogP contribution is 2.48. The van der Waals surface area contributed by atoms with Gasteiger partial charge in [-0.25, -0.2) is 0 Å². The standard InChI is InChI=1S/C19H19BrN2O2/c1-12(23)21-15-6-4-10-22-16-11-13(20)8-9-18(16)24-17-7-3-2-5-14(17)19(15)22/h2-3,5,7-9,11,15,19H,4,6,10H2,1H3,(H,21,23)/t15-,19+/m0/s1. The van der Waals surface area contributed by atoms with Gasteiger partial charge in [-0.05, 0) is 37.1 Å². The SMILES string of the molecule is CC(=O)N[C@H]1CCCN2c3cc(Br)ccc3Oc3ccccc3[C@H]12. The van der Waals surface area contributed by atoms with Crippen LogP contribution >= 0.6 is 15.9 Å². The molecule has 2 heterocycles. The maximum Gasteiger partial charge on any atom is 0.217 e. The summed E-state index contributed by atoms with van der Waals surface area (Å²) in [4.78, 5) is 14.1. The van der Waals surface area contributed by atoms with Gasteiger partial charge in [0.15, 0.2) is 5.75 Å². The molecule has 2 aliphatic rings. The van der Waals surface area contributed by atoms with Crippen LogP contribution in [-0.2, 0) is 4.79 Å². The van der Waals surface area contributed by atoms with Gasteiger partial charge in [-0.2, -0.15) is 0 Å². The van der Waals surface area contributed by atoms with Crippen LogP contribution in [0.1, 0.15) is 31.4 Å². The zero-order valence-corrected chi connectivity index (χ0v) is 15.0. The first kappa shape index (κ1) is 15.5. The van der Waals surface area contributed by atoms with Crippen LogP contribution < -0.4 is 15.0 Å². The largest absolute Gasteiger partial charge is 0.455 e. The van der Waals surface area contributed by atoms with E-state index in [0.717, 1.165) is 46.6 Å². The van der Waals surface area contributed by atoms with E-state index >= 15 is 0 Å². The second kappa shape index (κ2) is 6.13. The molecule has 2 aromatic carbocycles. The molecule has 1 N–H and O–H groups in total. The zero-order valence-electron chi connectivity index (χ0n) is 13.5. The van der Waals surface area contributed by atoms with Gasteiger partial charge in [0, 0.05) is 23.5 Å². The molecule has 0 spiro atoms. The van der Waals surface area contributed by atoms with Gasteiger partial charge in [-0.3, -0.25) is 4.79 Å². The highest BCUT2D eigenvalue weighted by atomic mass is 79.9. The smallest absolute Gasteiger partial charge is 0.217 e. The van der Waals surface area contributed by atoms with E-state index in [-0.39, 0.29) is 18.0 Å². The molecule has 2 atom stereocenters. The van der Waals surface area contributed by atoms with E-state index in [4.69, 9.17) is 4.74 Å². The third-order valence-corrected chi connectivity index (χ3v) is 5.20. The Balaban J connectivity index is 1.88. The Bertz CT molecular complexity index is 793. The second-order valence-corrected chi connectivity index (χ2v) is 7.26. The monoisotopic (exact) mass is 386 g/mol. The number of carbonyl (C=O) groups is 1. The summed E-state index contributed by atoms with van der Waals surface area (Å²) < 4.78 is 7.25. The number of piperidine rings is 1. The number of halogens is 1. The molecule has 0 unspecified atom stereocenters. The minimum Gasteiger partial charge on any atom is -0.455 e. The number of anilines is 1. The molecular weight excluding hydrogens is 368 g/mol. The summed E-state index contributed by atoms with van der Waals surface area (Å²) >= 11 is 3.57. The summed E-state index contributed by atoms with van der Waals surface area (Å²) in [6.45, 7) is 2.53. The summed E-state index contributed by atoms with van der Waals surface area (Å²) in [6, 6.07) is 14.4. The Morgan fingerprint density at radius 2 is 2.08 bits per heavy atom. The Morgan fingerprint density at radius 3 is 2.92 bits per heavy atom. The molecule has 4 rings (SSSR count). The van der Waals surface area contributed by atoms with Gasteiger partial charge in [-0.1, -0.05) is 34.1 Å². The van der Waals surface area contributed by atoms with E-state index in [0.29, 0.717) is 0 Å². The molecule has 0 saturated carbocycles. The molecule has 1 saturated heterocycles. The molecule has 4 nitrogen and oxygen atoms in total. The van der Waals surface area contributed by atoms with Gasteiger partial charge in [-0.15, -0.1) is 0 Å². The molecule has 1 fully saturated rings. The van der Waals surface area contributed by atoms with Crippen LogP contribution in [0.15, 0.2) is 46.9 Å². The third-order valence-electron chi connectivity index (χ3n) is 4.71. The molecule has 1 amide bonds. The number of benzene rings is 2. The first-order valence-electron chi connectivity index (χ1n) is 8.23. The first-order valence-corrected chi connectivity index (χ1v) is 9.03. The molecule has 5 heteroatoms. The predicted octanol–water partition coefficient (Wildman–Crippen LogP) is 4.40. The maximum atomic E-state index is 11.7. The zero-order chi connectivity index (χ0) is 16.7. The molecular formula is C19H19BrN2O2. The minimum atomic E-state index is 0.0129. The van der Waals surface area contributed by atoms with Gasteiger partial charge in [0.05, 0.1) is 17.8 Å². The van der Waals surface area contributed by atoms with E-state index in [2.05, 4.69) is 38.3 Å². The lowest BCUT2D eigenvalue weighted by atomic mass is 9.89. The van der Waals surface area contributed by atoms with E-state index < -0.39 is 0 Å². The van der Waals surface area contributed by atoms with E-state index in [1.807, 2.05) is 30.3 Å². The summed E-state index contributed by atoms with van der Waals surface area (Å²) in [6.07, 6.45) is 2.01. The second-order valence-electron chi connectivity index (χ2n) is 6.34. The van der Waals surface area contributed by atoms with Crippen LogP contribution in [0.5, 0.6) is 11.5 Å². The first-order chi connectivity index (χ1) is 11.6. The van der Waals surface area contributed by atoms with Crippen molar-refractivity contribution in [3.05, 3.63) is 52.5 Å². The number of hydrogen-bond donors (Lipinski definition) is 1. The molecule has 0 aromatic heterocycles. The number of nitrogens with zero attached hydrogens (tertiary/aromatic N) is 1. The van der Waals surface area contributed by atoms with E-state index in [9.17, 15) is 4.79 Å². The summed E-state index contributed by atoms with van der Waals surface area (Å²) in [5, 5.41) is 3.15.